The van der Waals surface area contributed by atoms with Gasteiger partial charge >= 0.3 is 5.97 Å². The van der Waals surface area contributed by atoms with Gasteiger partial charge in [0.15, 0.2) is 5.82 Å². The monoisotopic (exact) mass is 344 g/mol. The summed E-state index contributed by atoms with van der Waals surface area (Å²) in [6, 6.07) is 3.20. The highest BCUT2D eigenvalue weighted by Crippen LogP contribution is 2.27. The number of halogens is 2. The molecule has 0 radical (unpaired) electrons. The lowest BCUT2D eigenvalue weighted by Gasteiger charge is -2.24. The quantitative estimate of drug-likeness (QED) is 0.861. The Morgan fingerprint density at radius 3 is 2.75 bits per heavy atom. The van der Waals surface area contributed by atoms with E-state index in [0.29, 0.717) is 18.3 Å². The van der Waals surface area contributed by atoms with Crippen LogP contribution >= 0.6 is 15.9 Å². The second kappa shape index (κ2) is 6.54. The molecule has 1 atom stereocenters. The first kappa shape index (κ1) is 15.3. The average Bonchev–Trinajstić information content (AvgIpc) is 2.93. The lowest BCUT2D eigenvalue weighted by molar-refractivity contribution is 0.0695. The Labute approximate surface area is 126 Å². The van der Waals surface area contributed by atoms with Crippen molar-refractivity contribution >= 4 is 27.6 Å². The first-order valence-electron chi connectivity index (χ1n) is 6.70. The standard InChI is InChI=1S/C14H18BrFN2O2/c1-9(18-6-2-3-7-18)8-17-11-5-4-10(14(19)20)12(15)13(11)16/h4-5,9,17H,2-3,6-8H2,1H3,(H,19,20). The Hall–Kier alpha value is -1.14. The van der Waals surface area contributed by atoms with Gasteiger partial charge in [-0.15, -0.1) is 0 Å². The summed E-state index contributed by atoms with van der Waals surface area (Å²) in [6.45, 7) is 4.92. The molecule has 1 aromatic rings. The van der Waals surface area contributed by atoms with E-state index in [-0.39, 0.29) is 10.0 Å². The van der Waals surface area contributed by atoms with Gasteiger partial charge in [0, 0.05) is 12.6 Å². The number of nitrogens with one attached hydrogen (secondary N) is 1. The van der Waals surface area contributed by atoms with Crippen molar-refractivity contribution in [2.24, 2.45) is 0 Å². The predicted octanol–water partition coefficient (Wildman–Crippen LogP) is 3.18. The van der Waals surface area contributed by atoms with Gasteiger partial charge in [-0.2, -0.15) is 0 Å². The molecular weight excluding hydrogens is 327 g/mol. The third kappa shape index (κ3) is 3.30. The summed E-state index contributed by atoms with van der Waals surface area (Å²) in [7, 11) is 0. The molecule has 20 heavy (non-hydrogen) atoms. The Bertz CT molecular complexity index is 504. The highest BCUT2D eigenvalue weighted by atomic mass is 79.9. The first-order chi connectivity index (χ1) is 9.50. The fraction of sp³-hybridized carbons (Fsp3) is 0.500. The minimum atomic E-state index is -1.15. The van der Waals surface area contributed by atoms with Crippen LogP contribution in [0.4, 0.5) is 10.1 Å². The number of hydrogen-bond donors (Lipinski definition) is 2. The summed E-state index contributed by atoms with van der Waals surface area (Å²) in [6.07, 6.45) is 2.44. The van der Waals surface area contributed by atoms with Crippen LogP contribution in [0.15, 0.2) is 16.6 Å². The van der Waals surface area contributed by atoms with Gasteiger partial charge in [-0.05, 0) is 60.9 Å². The Morgan fingerprint density at radius 2 is 2.15 bits per heavy atom. The summed E-state index contributed by atoms with van der Waals surface area (Å²) in [5.74, 6) is -1.70. The van der Waals surface area contributed by atoms with Crippen LogP contribution in [0.25, 0.3) is 0 Å². The van der Waals surface area contributed by atoms with Crippen molar-refractivity contribution in [3.63, 3.8) is 0 Å². The molecule has 4 nitrogen and oxygen atoms in total. The van der Waals surface area contributed by atoms with Crippen molar-refractivity contribution in [2.75, 3.05) is 25.0 Å². The minimum absolute atomic E-state index is 0.0103. The van der Waals surface area contributed by atoms with E-state index in [1.807, 2.05) is 0 Å². The SMILES string of the molecule is CC(CNc1ccc(C(=O)O)c(Br)c1F)N1CCCC1. The molecule has 1 unspecified atom stereocenters. The normalized spacial score (nSPS) is 17.1. The topological polar surface area (TPSA) is 52.6 Å². The van der Waals surface area contributed by atoms with E-state index in [9.17, 15) is 9.18 Å². The number of aromatic carboxylic acids is 1. The molecule has 6 heteroatoms. The number of likely N-dealkylation sites (tertiary alicyclic amines) is 1. The number of anilines is 1. The highest BCUT2D eigenvalue weighted by molar-refractivity contribution is 9.10. The predicted molar refractivity (Wildman–Crippen MR) is 79.8 cm³/mol. The highest BCUT2D eigenvalue weighted by Gasteiger charge is 2.19. The molecule has 1 aromatic carbocycles. The second-order valence-corrected chi connectivity index (χ2v) is 5.86. The molecular formula is C14H18BrFN2O2. The maximum atomic E-state index is 14.1. The van der Waals surface area contributed by atoms with Crippen molar-refractivity contribution in [3.05, 3.63) is 28.0 Å². The Morgan fingerprint density at radius 1 is 1.50 bits per heavy atom. The van der Waals surface area contributed by atoms with Gasteiger partial charge in [0.25, 0.3) is 0 Å². The van der Waals surface area contributed by atoms with Gasteiger partial charge in [0.2, 0.25) is 0 Å². The molecule has 1 heterocycles. The molecule has 0 aliphatic carbocycles. The van der Waals surface area contributed by atoms with Gasteiger partial charge in [-0.25, -0.2) is 9.18 Å². The van der Waals surface area contributed by atoms with E-state index >= 15 is 0 Å². The number of carbonyl (C=O) groups is 1. The Balaban J connectivity index is 2.02. The van der Waals surface area contributed by atoms with Crippen LogP contribution in [0.1, 0.15) is 30.1 Å². The molecule has 1 aliphatic heterocycles. The van der Waals surface area contributed by atoms with Gasteiger partial charge in [-0.3, -0.25) is 4.90 Å². The fourth-order valence-electron chi connectivity index (χ4n) is 2.42. The zero-order chi connectivity index (χ0) is 14.7. The fourth-order valence-corrected chi connectivity index (χ4v) is 2.94. The van der Waals surface area contributed by atoms with Gasteiger partial charge in [0.1, 0.15) is 0 Å². The van der Waals surface area contributed by atoms with Crippen LogP contribution in [0.3, 0.4) is 0 Å². The average molecular weight is 345 g/mol. The minimum Gasteiger partial charge on any atom is -0.478 e. The van der Waals surface area contributed by atoms with E-state index in [1.165, 1.54) is 25.0 Å². The molecule has 1 saturated heterocycles. The summed E-state index contributed by atoms with van der Waals surface area (Å²) < 4.78 is 14.1. The molecule has 0 bridgehead atoms. The largest absolute Gasteiger partial charge is 0.478 e. The lowest BCUT2D eigenvalue weighted by atomic mass is 10.2. The number of rotatable bonds is 5. The number of carboxylic acids is 1. The van der Waals surface area contributed by atoms with E-state index in [1.54, 1.807) is 0 Å². The molecule has 0 amide bonds. The van der Waals surface area contributed by atoms with Crippen LogP contribution in [-0.4, -0.2) is 41.7 Å². The van der Waals surface area contributed by atoms with E-state index in [0.717, 1.165) is 13.1 Å². The van der Waals surface area contributed by atoms with Crippen LogP contribution in [-0.2, 0) is 0 Å². The van der Waals surface area contributed by atoms with Crippen molar-refractivity contribution < 1.29 is 14.3 Å². The maximum absolute atomic E-state index is 14.1. The summed E-state index contributed by atoms with van der Waals surface area (Å²) in [4.78, 5) is 13.3. The lowest BCUT2D eigenvalue weighted by Crippen LogP contribution is -2.35. The summed E-state index contributed by atoms with van der Waals surface area (Å²) >= 11 is 3.00. The van der Waals surface area contributed by atoms with E-state index < -0.39 is 11.8 Å². The molecule has 110 valence electrons. The van der Waals surface area contributed by atoms with Crippen LogP contribution < -0.4 is 5.32 Å². The number of hydrogen-bond acceptors (Lipinski definition) is 3. The maximum Gasteiger partial charge on any atom is 0.336 e. The van der Waals surface area contributed by atoms with Gasteiger partial charge in [-0.1, -0.05) is 0 Å². The molecule has 2 rings (SSSR count). The zero-order valence-corrected chi connectivity index (χ0v) is 12.9. The van der Waals surface area contributed by atoms with Crippen molar-refractivity contribution in [2.45, 2.75) is 25.8 Å². The molecule has 1 aliphatic rings. The van der Waals surface area contributed by atoms with Crippen molar-refractivity contribution in [1.82, 2.24) is 4.90 Å². The number of carboxylic acid groups (broad SMARTS) is 1. The van der Waals surface area contributed by atoms with Crippen LogP contribution in [0.2, 0.25) is 0 Å². The molecule has 2 N–H and O–H groups in total. The molecule has 0 spiro atoms. The number of benzene rings is 1. The molecule has 1 fully saturated rings. The first-order valence-corrected chi connectivity index (χ1v) is 7.49. The zero-order valence-electron chi connectivity index (χ0n) is 11.3. The third-order valence-electron chi connectivity index (χ3n) is 3.66. The van der Waals surface area contributed by atoms with Crippen molar-refractivity contribution in [3.8, 4) is 0 Å². The van der Waals surface area contributed by atoms with Gasteiger partial charge < -0.3 is 10.4 Å². The van der Waals surface area contributed by atoms with Crippen LogP contribution in [0.5, 0.6) is 0 Å². The van der Waals surface area contributed by atoms with E-state index in [4.69, 9.17) is 5.11 Å². The van der Waals surface area contributed by atoms with E-state index in [2.05, 4.69) is 33.1 Å². The van der Waals surface area contributed by atoms with Gasteiger partial charge in [0.05, 0.1) is 15.7 Å². The smallest absolute Gasteiger partial charge is 0.336 e. The molecule has 0 saturated carbocycles. The Kier molecular flexibility index (Phi) is 4.99. The molecule has 0 aromatic heterocycles. The van der Waals surface area contributed by atoms with Crippen molar-refractivity contribution in [1.29, 1.82) is 0 Å². The van der Waals surface area contributed by atoms with Crippen LogP contribution in [0, 0.1) is 5.82 Å². The second-order valence-electron chi connectivity index (χ2n) is 5.07. The third-order valence-corrected chi connectivity index (χ3v) is 4.44. The summed E-state index contributed by atoms with van der Waals surface area (Å²) in [5.41, 5.74) is 0.258. The summed E-state index contributed by atoms with van der Waals surface area (Å²) in [5, 5.41) is 12.0. The number of nitrogens with zero attached hydrogens (tertiary/aromatic N) is 1.